The van der Waals surface area contributed by atoms with E-state index in [1.54, 1.807) is 0 Å². The standard InChI is InChI=1S/C9H11NO4/c1-9(14,8(12)13)6-10-4-2-7(11)3-5-10/h2-5,14H,6H2,1H3,(H,12,13). The molecule has 0 radical (unpaired) electrons. The van der Waals surface area contributed by atoms with Crippen molar-refractivity contribution in [3.63, 3.8) is 0 Å². The van der Waals surface area contributed by atoms with E-state index in [1.807, 2.05) is 0 Å². The summed E-state index contributed by atoms with van der Waals surface area (Å²) in [5, 5.41) is 18.0. The second-order valence-corrected chi connectivity index (χ2v) is 3.29. The van der Waals surface area contributed by atoms with Crippen molar-refractivity contribution in [3.05, 3.63) is 34.7 Å². The van der Waals surface area contributed by atoms with Gasteiger partial charge in [-0.05, 0) is 6.92 Å². The number of hydrogen-bond acceptors (Lipinski definition) is 3. The summed E-state index contributed by atoms with van der Waals surface area (Å²) in [6.07, 6.45) is 2.86. The molecule has 1 aromatic rings. The molecule has 0 spiro atoms. The minimum absolute atomic E-state index is 0.0946. The second-order valence-electron chi connectivity index (χ2n) is 3.29. The zero-order chi connectivity index (χ0) is 10.8. The van der Waals surface area contributed by atoms with Crippen molar-refractivity contribution in [2.24, 2.45) is 0 Å². The molecular weight excluding hydrogens is 186 g/mol. The molecule has 0 saturated heterocycles. The van der Waals surface area contributed by atoms with Gasteiger partial charge in [0.1, 0.15) is 0 Å². The van der Waals surface area contributed by atoms with Crippen LogP contribution in [0.25, 0.3) is 0 Å². The molecule has 0 saturated carbocycles. The van der Waals surface area contributed by atoms with E-state index in [-0.39, 0.29) is 12.0 Å². The summed E-state index contributed by atoms with van der Waals surface area (Å²) in [5.74, 6) is -1.30. The van der Waals surface area contributed by atoms with Gasteiger partial charge < -0.3 is 14.8 Å². The van der Waals surface area contributed by atoms with Crippen LogP contribution in [0.1, 0.15) is 6.92 Å². The fourth-order valence-electron chi connectivity index (χ4n) is 0.972. The Morgan fingerprint density at radius 2 is 2.00 bits per heavy atom. The first-order valence-electron chi connectivity index (χ1n) is 4.04. The van der Waals surface area contributed by atoms with Crippen molar-refractivity contribution in [2.45, 2.75) is 19.1 Å². The molecule has 1 heterocycles. The Morgan fingerprint density at radius 1 is 1.50 bits per heavy atom. The van der Waals surface area contributed by atoms with Gasteiger partial charge in [-0.1, -0.05) is 0 Å². The summed E-state index contributed by atoms with van der Waals surface area (Å²) in [5.41, 5.74) is -1.98. The molecule has 1 atom stereocenters. The lowest BCUT2D eigenvalue weighted by molar-refractivity contribution is -0.157. The summed E-state index contributed by atoms with van der Waals surface area (Å²) in [6, 6.07) is 2.61. The summed E-state index contributed by atoms with van der Waals surface area (Å²) in [7, 11) is 0. The molecule has 0 aliphatic carbocycles. The highest BCUT2D eigenvalue weighted by molar-refractivity contribution is 5.76. The lowest BCUT2D eigenvalue weighted by Gasteiger charge is -2.19. The average molecular weight is 197 g/mol. The van der Waals surface area contributed by atoms with Crippen molar-refractivity contribution in [2.75, 3.05) is 0 Å². The van der Waals surface area contributed by atoms with Gasteiger partial charge in [0, 0.05) is 24.5 Å². The van der Waals surface area contributed by atoms with Crippen LogP contribution in [-0.4, -0.2) is 26.4 Å². The molecule has 1 rings (SSSR count). The molecule has 0 fully saturated rings. The number of aromatic nitrogens is 1. The van der Waals surface area contributed by atoms with Gasteiger partial charge >= 0.3 is 5.97 Å². The van der Waals surface area contributed by atoms with Crippen LogP contribution < -0.4 is 5.43 Å². The maximum absolute atomic E-state index is 10.7. The molecule has 5 nitrogen and oxygen atoms in total. The van der Waals surface area contributed by atoms with Crippen molar-refractivity contribution in [3.8, 4) is 0 Å². The van der Waals surface area contributed by atoms with Gasteiger partial charge in [0.05, 0.1) is 6.54 Å². The number of nitrogens with zero attached hydrogens (tertiary/aromatic N) is 1. The van der Waals surface area contributed by atoms with Crippen molar-refractivity contribution in [1.82, 2.24) is 4.57 Å². The van der Waals surface area contributed by atoms with E-state index in [2.05, 4.69) is 0 Å². The van der Waals surface area contributed by atoms with Crippen LogP contribution >= 0.6 is 0 Å². The topological polar surface area (TPSA) is 79.5 Å². The van der Waals surface area contributed by atoms with Crippen molar-refractivity contribution >= 4 is 5.97 Å². The number of rotatable bonds is 3. The van der Waals surface area contributed by atoms with Crippen LogP contribution in [0.5, 0.6) is 0 Å². The lowest BCUT2D eigenvalue weighted by atomic mass is 10.1. The van der Waals surface area contributed by atoms with Crippen LogP contribution in [0.15, 0.2) is 29.3 Å². The molecule has 2 N–H and O–H groups in total. The molecule has 1 unspecified atom stereocenters. The van der Waals surface area contributed by atoms with Crippen LogP contribution in [0.3, 0.4) is 0 Å². The number of pyridine rings is 1. The molecule has 76 valence electrons. The van der Waals surface area contributed by atoms with E-state index in [0.717, 1.165) is 0 Å². The number of aliphatic carboxylic acids is 1. The Labute approximate surface area is 80.2 Å². The Morgan fingerprint density at radius 3 is 2.43 bits per heavy atom. The number of carbonyl (C=O) groups is 1. The molecule has 0 aliphatic heterocycles. The summed E-state index contributed by atoms with van der Waals surface area (Å²) in [6.45, 7) is 1.11. The van der Waals surface area contributed by atoms with Crippen LogP contribution in [0.4, 0.5) is 0 Å². The van der Waals surface area contributed by atoms with Crippen LogP contribution in [0.2, 0.25) is 0 Å². The number of carboxylic acid groups (broad SMARTS) is 1. The van der Waals surface area contributed by atoms with Gasteiger partial charge in [-0.3, -0.25) is 4.79 Å². The first kappa shape index (κ1) is 10.5. The largest absolute Gasteiger partial charge is 0.479 e. The van der Waals surface area contributed by atoms with E-state index in [9.17, 15) is 14.7 Å². The van der Waals surface area contributed by atoms with E-state index in [0.29, 0.717) is 0 Å². The summed E-state index contributed by atoms with van der Waals surface area (Å²) in [4.78, 5) is 21.3. The van der Waals surface area contributed by atoms with Gasteiger partial charge in [-0.25, -0.2) is 4.79 Å². The molecule has 0 amide bonds. The third-order valence-corrected chi connectivity index (χ3v) is 1.81. The van der Waals surface area contributed by atoms with E-state index >= 15 is 0 Å². The first-order chi connectivity index (χ1) is 6.42. The van der Waals surface area contributed by atoms with Crippen molar-refractivity contribution < 1.29 is 15.0 Å². The van der Waals surface area contributed by atoms with Gasteiger partial charge in [-0.2, -0.15) is 0 Å². The lowest BCUT2D eigenvalue weighted by Crippen LogP contribution is -2.39. The Balaban J connectivity index is 2.84. The first-order valence-corrected chi connectivity index (χ1v) is 4.04. The average Bonchev–Trinajstić information content (AvgIpc) is 2.08. The predicted molar refractivity (Wildman–Crippen MR) is 49.0 cm³/mol. The Bertz CT molecular complexity index is 374. The maximum atomic E-state index is 10.7. The highest BCUT2D eigenvalue weighted by Crippen LogP contribution is 2.06. The maximum Gasteiger partial charge on any atom is 0.337 e. The Kier molecular flexibility index (Phi) is 2.71. The SMILES string of the molecule is CC(O)(Cn1ccc(=O)cc1)C(=O)O. The minimum atomic E-state index is -1.82. The van der Waals surface area contributed by atoms with E-state index in [4.69, 9.17) is 5.11 Å². The van der Waals surface area contributed by atoms with Gasteiger partial charge in [0.15, 0.2) is 11.0 Å². The van der Waals surface area contributed by atoms with Gasteiger partial charge in [-0.15, -0.1) is 0 Å². The third-order valence-electron chi connectivity index (χ3n) is 1.81. The van der Waals surface area contributed by atoms with Crippen LogP contribution in [0, 0.1) is 0 Å². The fraction of sp³-hybridized carbons (Fsp3) is 0.333. The quantitative estimate of drug-likeness (QED) is 0.696. The normalized spacial score (nSPS) is 14.7. The number of carboxylic acids is 1. The number of hydrogen-bond donors (Lipinski definition) is 2. The van der Waals surface area contributed by atoms with Gasteiger partial charge in [0.25, 0.3) is 0 Å². The van der Waals surface area contributed by atoms with E-state index < -0.39 is 11.6 Å². The zero-order valence-corrected chi connectivity index (χ0v) is 7.67. The summed E-state index contributed by atoms with van der Waals surface area (Å²) >= 11 is 0. The monoisotopic (exact) mass is 197 g/mol. The second kappa shape index (κ2) is 3.63. The molecule has 14 heavy (non-hydrogen) atoms. The highest BCUT2D eigenvalue weighted by Gasteiger charge is 2.29. The number of aliphatic hydroxyl groups is 1. The fourth-order valence-corrected chi connectivity index (χ4v) is 0.972. The highest BCUT2D eigenvalue weighted by atomic mass is 16.4. The molecule has 5 heteroatoms. The molecular formula is C9H11NO4. The Hall–Kier alpha value is -1.62. The molecule has 0 aromatic carbocycles. The molecule has 0 aliphatic rings. The van der Waals surface area contributed by atoms with Gasteiger partial charge in [0.2, 0.25) is 0 Å². The van der Waals surface area contributed by atoms with Crippen LogP contribution in [-0.2, 0) is 11.3 Å². The summed E-state index contributed by atoms with van der Waals surface area (Å²) < 4.78 is 1.44. The third kappa shape index (κ3) is 2.43. The smallest absolute Gasteiger partial charge is 0.337 e. The molecule has 0 bridgehead atoms. The zero-order valence-electron chi connectivity index (χ0n) is 7.67. The minimum Gasteiger partial charge on any atom is -0.479 e. The van der Waals surface area contributed by atoms with E-state index in [1.165, 1.54) is 36.0 Å². The molecule has 1 aromatic heterocycles. The predicted octanol–water partition coefficient (Wildman–Crippen LogP) is -0.316. The van der Waals surface area contributed by atoms with Crippen molar-refractivity contribution in [1.29, 1.82) is 0 Å².